The van der Waals surface area contributed by atoms with Crippen molar-refractivity contribution in [1.29, 1.82) is 0 Å². The van der Waals surface area contributed by atoms with Gasteiger partial charge in [-0.05, 0) is 31.1 Å². The van der Waals surface area contributed by atoms with Crippen LogP contribution in [0.5, 0.6) is 0 Å². The summed E-state index contributed by atoms with van der Waals surface area (Å²) in [5, 5.41) is 0. The van der Waals surface area contributed by atoms with Crippen LogP contribution in [0.15, 0.2) is 0 Å². The van der Waals surface area contributed by atoms with Crippen LogP contribution in [-0.2, 0) is 4.79 Å². The topological polar surface area (TPSA) is 17.1 Å². The maximum atomic E-state index is 11.2. The molecule has 0 spiro atoms. The van der Waals surface area contributed by atoms with Gasteiger partial charge in [0, 0.05) is 5.41 Å². The number of carbonyl (C=O) groups is 1. The molecular weight excluding hydrogens is 160 g/mol. The second-order valence-electron chi connectivity index (χ2n) is 5.15. The lowest BCUT2D eigenvalue weighted by molar-refractivity contribution is -0.119. The highest BCUT2D eigenvalue weighted by Crippen LogP contribution is 2.49. The maximum Gasteiger partial charge on any atom is 0.126 e. The predicted octanol–water partition coefficient (Wildman–Crippen LogP) is 3.18. The van der Waals surface area contributed by atoms with Gasteiger partial charge < -0.3 is 4.79 Å². The SMILES string of the molecule is CC1CCCC1(C=O)CC1CCC1. The van der Waals surface area contributed by atoms with E-state index in [0.717, 1.165) is 12.3 Å². The Bertz CT molecular complexity index is 195. The minimum atomic E-state index is 0.0884. The molecule has 74 valence electrons. The normalized spacial score (nSPS) is 40.2. The van der Waals surface area contributed by atoms with E-state index < -0.39 is 0 Å². The zero-order valence-electron chi connectivity index (χ0n) is 8.59. The van der Waals surface area contributed by atoms with Gasteiger partial charge in [0.25, 0.3) is 0 Å². The average Bonchev–Trinajstić information content (AvgIpc) is 2.41. The van der Waals surface area contributed by atoms with Gasteiger partial charge in [0.05, 0.1) is 0 Å². The molecule has 2 fully saturated rings. The predicted molar refractivity (Wildman–Crippen MR) is 53.5 cm³/mol. The molecule has 0 aromatic heterocycles. The lowest BCUT2D eigenvalue weighted by Gasteiger charge is -2.36. The van der Waals surface area contributed by atoms with Crippen molar-refractivity contribution >= 4 is 6.29 Å². The molecule has 0 bridgehead atoms. The second kappa shape index (κ2) is 3.43. The Morgan fingerprint density at radius 3 is 2.46 bits per heavy atom. The van der Waals surface area contributed by atoms with Crippen molar-refractivity contribution in [1.82, 2.24) is 0 Å². The molecule has 0 aromatic carbocycles. The van der Waals surface area contributed by atoms with Crippen molar-refractivity contribution in [3.05, 3.63) is 0 Å². The van der Waals surface area contributed by atoms with Crippen molar-refractivity contribution in [2.75, 3.05) is 0 Å². The van der Waals surface area contributed by atoms with Crippen molar-refractivity contribution in [3.63, 3.8) is 0 Å². The molecule has 0 heterocycles. The van der Waals surface area contributed by atoms with Gasteiger partial charge in [0.2, 0.25) is 0 Å². The van der Waals surface area contributed by atoms with Crippen LogP contribution >= 0.6 is 0 Å². The molecule has 2 rings (SSSR count). The molecule has 1 nitrogen and oxygen atoms in total. The monoisotopic (exact) mass is 180 g/mol. The van der Waals surface area contributed by atoms with Crippen LogP contribution in [0.25, 0.3) is 0 Å². The highest BCUT2D eigenvalue weighted by Gasteiger charge is 2.42. The standard InChI is InChI=1S/C12H20O/c1-10-4-3-7-12(10,9-13)8-11-5-2-6-11/h9-11H,2-8H2,1H3. The Labute approximate surface area is 80.9 Å². The highest BCUT2D eigenvalue weighted by atomic mass is 16.1. The molecule has 2 aliphatic carbocycles. The first-order valence-corrected chi connectivity index (χ1v) is 5.73. The average molecular weight is 180 g/mol. The summed E-state index contributed by atoms with van der Waals surface area (Å²) >= 11 is 0. The van der Waals surface area contributed by atoms with E-state index >= 15 is 0 Å². The van der Waals surface area contributed by atoms with Gasteiger partial charge in [-0.2, -0.15) is 0 Å². The Balaban J connectivity index is 2.00. The van der Waals surface area contributed by atoms with Crippen LogP contribution in [0.4, 0.5) is 0 Å². The third-order valence-corrected chi connectivity index (χ3v) is 4.39. The molecule has 2 unspecified atom stereocenters. The van der Waals surface area contributed by atoms with Gasteiger partial charge in [-0.15, -0.1) is 0 Å². The highest BCUT2D eigenvalue weighted by molar-refractivity contribution is 5.60. The molecular formula is C12H20O. The molecule has 0 aromatic rings. The number of hydrogen-bond donors (Lipinski definition) is 0. The summed E-state index contributed by atoms with van der Waals surface area (Å²) in [7, 11) is 0. The molecule has 1 heteroatoms. The van der Waals surface area contributed by atoms with Gasteiger partial charge in [0.15, 0.2) is 0 Å². The van der Waals surface area contributed by atoms with Crippen molar-refractivity contribution in [2.45, 2.75) is 51.9 Å². The number of hydrogen-bond acceptors (Lipinski definition) is 1. The maximum absolute atomic E-state index is 11.2. The van der Waals surface area contributed by atoms with Crippen molar-refractivity contribution in [2.24, 2.45) is 17.3 Å². The molecule has 0 radical (unpaired) electrons. The van der Waals surface area contributed by atoms with Crippen molar-refractivity contribution in [3.8, 4) is 0 Å². The summed E-state index contributed by atoms with van der Waals surface area (Å²) in [4.78, 5) is 11.2. The number of aldehydes is 1. The first kappa shape index (κ1) is 9.23. The molecule has 0 saturated heterocycles. The summed E-state index contributed by atoms with van der Waals surface area (Å²) in [5.74, 6) is 1.52. The minimum Gasteiger partial charge on any atom is -0.303 e. The molecule has 0 N–H and O–H groups in total. The van der Waals surface area contributed by atoms with Crippen LogP contribution < -0.4 is 0 Å². The van der Waals surface area contributed by atoms with Crippen LogP contribution in [0.2, 0.25) is 0 Å². The Kier molecular flexibility index (Phi) is 2.44. The fourth-order valence-electron chi connectivity index (χ4n) is 3.03. The van der Waals surface area contributed by atoms with Crippen LogP contribution in [0.3, 0.4) is 0 Å². The quantitative estimate of drug-likeness (QED) is 0.610. The summed E-state index contributed by atoms with van der Waals surface area (Å²) in [5.41, 5.74) is 0.0884. The summed E-state index contributed by atoms with van der Waals surface area (Å²) in [6, 6.07) is 0. The van der Waals surface area contributed by atoms with Crippen LogP contribution in [0, 0.1) is 17.3 Å². The van der Waals surface area contributed by atoms with Crippen LogP contribution in [-0.4, -0.2) is 6.29 Å². The lowest BCUT2D eigenvalue weighted by Crippen LogP contribution is -2.30. The molecule has 13 heavy (non-hydrogen) atoms. The summed E-state index contributed by atoms with van der Waals surface area (Å²) in [6.45, 7) is 2.26. The Morgan fingerprint density at radius 1 is 1.31 bits per heavy atom. The number of rotatable bonds is 3. The second-order valence-corrected chi connectivity index (χ2v) is 5.15. The van der Waals surface area contributed by atoms with Gasteiger partial charge in [-0.1, -0.05) is 32.6 Å². The third-order valence-electron chi connectivity index (χ3n) is 4.39. The summed E-state index contributed by atoms with van der Waals surface area (Å²) in [6.07, 6.45) is 10.3. The third kappa shape index (κ3) is 1.53. The molecule has 0 amide bonds. The molecule has 2 aliphatic rings. The van der Waals surface area contributed by atoms with E-state index in [-0.39, 0.29) is 5.41 Å². The van der Waals surface area contributed by atoms with E-state index in [2.05, 4.69) is 6.92 Å². The van der Waals surface area contributed by atoms with E-state index in [4.69, 9.17) is 0 Å². The largest absolute Gasteiger partial charge is 0.303 e. The minimum absolute atomic E-state index is 0.0884. The fraction of sp³-hybridized carbons (Fsp3) is 0.917. The van der Waals surface area contributed by atoms with Crippen LogP contribution in [0.1, 0.15) is 51.9 Å². The van der Waals surface area contributed by atoms with E-state index in [1.165, 1.54) is 44.8 Å². The van der Waals surface area contributed by atoms with E-state index in [9.17, 15) is 4.79 Å². The number of carbonyl (C=O) groups excluding carboxylic acids is 1. The van der Waals surface area contributed by atoms with E-state index in [0.29, 0.717) is 5.92 Å². The molecule has 2 saturated carbocycles. The summed E-state index contributed by atoms with van der Waals surface area (Å²) < 4.78 is 0. The van der Waals surface area contributed by atoms with E-state index in [1.807, 2.05) is 0 Å². The lowest BCUT2D eigenvalue weighted by atomic mass is 9.68. The Hall–Kier alpha value is -0.330. The molecule has 2 atom stereocenters. The smallest absolute Gasteiger partial charge is 0.126 e. The molecule has 0 aliphatic heterocycles. The first-order chi connectivity index (χ1) is 6.27. The first-order valence-electron chi connectivity index (χ1n) is 5.73. The van der Waals surface area contributed by atoms with Gasteiger partial charge in [0.1, 0.15) is 6.29 Å². The fourth-order valence-corrected chi connectivity index (χ4v) is 3.03. The van der Waals surface area contributed by atoms with Gasteiger partial charge in [-0.3, -0.25) is 0 Å². The van der Waals surface area contributed by atoms with Gasteiger partial charge in [-0.25, -0.2) is 0 Å². The van der Waals surface area contributed by atoms with Gasteiger partial charge >= 0.3 is 0 Å². The zero-order valence-corrected chi connectivity index (χ0v) is 8.59. The van der Waals surface area contributed by atoms with E-state index in [1.54, 1.807) is 0 Å². The zero-order chi connectivity index (χ0) is 9.31. The Morgan fingerprint density at radius 2 is 2.08 bits per heavy atom. The van der Waals surface area contributed by atoms with Crippen molar-refractivity contribution < 1.29 is 4.79 Å².